The minimum atomic E-state index is -0.510. The van der Waals surface area contributed by atoms with E-state index in [1.54, 1.807) is 36.4 Å². The summed E-state index contributed by atoms with van der Waals surface area (Å²) in [5, 5.41) is 12.3. The SMILES string of the molecule is O=c1cc(-c2ccc(Cl)cc2)c2cccc([N+](=O)[O-])c2[nH]1. The summed E-state index contributed by atoms with van der Waals surface area (Å²) >= 11 is 5.86. The minimum absolute atomic E-state index is 0.125. The zero-order chi connectivity index (χ0) is 15.0. The monoisotopic (exact) mass is 300 g/mol. The van der Waals surface area contributed by atoms with Crippen LogP contribution in [-0.4, -0.2) is 9.91 Å². The third kappa shape index (κ3) is 2.39. The number of para-hydroxylation sites is 1. The molecule has 3 aromatic rings. The summed E-state index contributed by atoms with van der Waals surface area (Å²) in [6.07, 6.45) is 0. The average Bonchev–Trinajstić information content (AvgIpc) is 2.46. The van der Waals surface area contributed by atoms with Crippen molar-refractivity contribution in [3.05, 3.63) is 74.0 Å². The molecule has 6 heteroatoms. The lowest BCUT2D eigenvalue weighted by Gasteiger charge is -2.07. The van der Waals surface area contributed by atoms with Gasteiger partial charge in [0, 0.05) is 22.5 Å². The topological polar surface area (TPSA) is 76.0 Å². The molecule has 0 aliphatic carbocycles. The first-order valence-corrected chi connectivity index (χ1v) is 6.50. The molecule has 2 aromatic carbocycles. The van der Waals surface area contributed by atoms with Gasteiger partial charge < -0.3 is 4.98 Å². The van der Waals surface area contributed by atoms with Gasteiger partial charge in [-0.3, -0.25) is 14.9 Å². The molecule has 0 spiro atoms. The summed E-state index contributed by atoms with van der Waals surface area (Å²) in [5.41, 5.74) is 1.12. The Labute approximate surface area is 124 Å². The number of fused-ring (bicyclic) bond motifs is 1. The van der Waals surface area contributed by atoms with Crippen molar-refractivity contribution in [3.8, 4) is 11.1 Å². The van der Waals surface area contributed by atoms with E-state index in [9.17, 15) is 14.9 Å². The highest BCUT2D eigenvalue weighted by atomic mass is 35.5. The number of pyridine rings is 1. The predicted octanol–water partition coefficient (Wildman–Crippen LogP) is 3.76. The van der Waals surface area contributed by atoms with E-state index in [4.69, 9.17) is 11.6 Å². The van der Waals surface area contributed by atoms with Crippen LogP contribution in [0.25, 0.3) is 22.0 Å². The van der Waals surface area contributed by atoms with E-state index in [0.717, 1.165) is 5.56 Å². The smallest absolute Gasteiger partial charge is 0.293 e. The quantitative estimate of drug-likeness (QED) is 0.578. The molecule has 1 heterocycles. The number of rotatable bonds is 2. The van der Waals surface area contributed by atoms with Crippen LogP contribution in [0.3, 0.4) is 0 Å². The molecule has 0 atom stereocenters. The molecule has 0 bridgehead atoms. The van der Waals surface area contributed by atoms with E-state index < -0.39 is 4.92 Å². The minimum Gasteiger partial charge on any atom is -0.316 e. The van der Waals surface area contributed by atoms with Crippen LogP contribution in [0, 0.1) is 10.1 Å². The third-order valence-electron chi connectivity index (χ3n) is 3.21. The van der Waals surface area contributed by atoms with Gasteiger partial charge >= 0.3 is 0 Å². The maximum Gasteiger partial charge on any atom is 0.293 e. The second kappa shape index (κ2) is 5.03. The second-order valence-electron chi connectivity index (χ2n) is 4.51. The average molecular weight is 301 g/mol. The van der Waals surface area contributed by atoms with Crippen molar-refractivity contribution in [2.75, 3.05) is 0 Å². The van der Waals surface area contributed by atoms with Gasteiger partial charge in [-0.05, 0) is 23.3 Å². The molecule has 21 heavy (non-hydrogen) atoms. The molecule has 0 unspecified atom stereocenters. The Hall–Kier alpha value is -2.66. The van der Waals surface area contributed by atoms with Gasteiger partial charge in [0.05, 0.1) is 4.92 Å². The predicted molar refractivity (Wildman–Crippen MR) is 81.7 cm³/mol. The Kier molecular flexibility index (Phi) is 3.19. The maximum atomic E-state index is 11.8. The summed E-state index contributed by atoms with van der Waals surface area (Å²) < 4.78 is 0. The molecule has 3 rings (SSSR count). The van der Waals surface area contributed by atoms with Crippen molar-refractivity contribution in [2.24, 2.45) is 0 Å². The van der Waals surface area contributed by atoms with Crippen LogP contribution in [0.1, 0.15) is 0 Å². The number of nitro benzene ring substituents is 1. The fourth-order valence-corrected chi connectivity index (χ4v) is 2.41. The molecule has 104 valence electrons. The van der Waals surface area contributed by atoms with Crippen molar-refractivity contribution in [1.29, 1.82) is 0 Å². The number of benzene rings is 2. The summed E-state index contributed by atoms with van der Waals surface area (Å²) in [5.74, 6) is 0. The number of nitrogens with zero attached hydrogens (tertiary/aromatic N) is 1. The molecule has 1 aromatic heterocycles. The molecular formula is C15H9ClN2O3. The van der Waals surface area contributed by atoms with E-state index in [1.807, 2.05) is 0 Å². The first kappa shape index (κ1) is 13.3. The van der Waals surface area contributed by atoms with Gasteiger partial charge in [0.2, 0.25) is 5.56 Å². The number of aromatic amines is 1. The zero-order valence-electron chi connectivity index (χ0n) is 10.7. The number of hydrogen-bond acceptors (Lipinski definition) is 3. The molecule has 0 saturated carbocycles. The molecule has 0 aliphatic heterocycles. The van der Waals surface area contributed by atoms with Gasteiger partial charge in [0.25, 0.3) is 5.69 Å². The molecule has 1 N–H and O–H groups in total. The lowest BCUT2D eigenvalue weighted by atomic mass is 10.0. The van der Waals surface area contributed by atoms with E-state index in [-0.39, 0.29) is 16.8 Å². The van der Waals surface area contributed by atoms with E-state index in [2.05, 4.69) is 4.98 Å². The Bertz CT molecular complexity index is 901. The Morgan fingerprint density at radius 2 is 1.81 bits per heavy atom. The highest BCUT2D eigenvalue weighted by molar-refractivity contribution is 6.30. The number of non-ortho nitro benzene ring substituents is 1. The van der Waals surface area contributed by atoms with Crippen molar-refractivity contribution in [3.63, 3.8) is 0 Å². The molecular weight excluding hydrogens is 292 g/mol. The van der Waals surface area contributed by atoms with Crippen LogP contribution >= 0.6 is 11.6 Å². The van der Waals surface area contributed by atoms with Crippen LogP contribution in [0.2, 0.25) is 5.02 Å². The van der Waals surface area contributed by atoms with Crippen LogP contribution in [0.5, 0.6) is 0 Å². The number of hydrogen-bond donors (Lipinski definition) is 1. The maximum absolute atomic E-state index is 11.8. The van der Waals surface area contributed by atoms with E-state index in [0.29, 0.717) is 16.0 Å². The fourth-order valence-electron chi connectivity index (χ4n) is 2.28. The van der Waals surface area contributed by atoms with E-state index in [1.165, 1.54) is 12.1 Å². The van der Waals surface area contributed by atoms with E-state index >= 15 is 0 Å². The van der Waals surface area contributed by atoms with Crippen molar-refractivity contribution in [1.82, 2.24) is 4.98 Å². The van der Waals surface area contributed by atoms with Crippen LogP contribution in [0.4, 0.5) is 5.69 Å². The molecule has 0 radical (unpaired) electrons. The van der Waals surface area contributed by atoms with Crippen LogP contribution in [-0.2, 0) is 0 Å². The molecule has 0 aliphatic rings. The van der Waals surface area contributed by atoms with Crippen molar-refractivity contribution >= 4 is 28.2 Å². The second-order valence-corrected chi connectivity index (χ2v) is 4.95. The number of aromatic nitrogens is 1. The van der Waals surface area contributed by atoms with Gasteiger partial charge in [-0.1, -0.05) is 35.9 Å². The van der Waals surface area contributed by atoms with Crippen LogP contribution in [0.15, 0.2) is 53.3 Å². The molecule has 0 amide bonds. The van der Waals surface area contributed by atoms with Crippen molar-refractivity contribution < 1.29 is 4.92 Å². The molecule has 0 saturated heterocycles. The lowest BCUT2D eigenvalue weighted by molar-refractivity contribution is -0.383. The lowest BCUT2D eigenvalue weighted by Crippen LogP contribution is -2.06. The third-order valence-corrected chi connectivity index (χ3v) is 3.46. The highest BCUT2D eigenvalue weighted by Crippen LogP contribution is 2.31. The summed E-state index contributed by atoms with van der Waals surface area (Å²) in [4.78, 5) is 24.9. The molecule has 5 nitrogen and oxygen atoms in total. The zero-order valence-corrected chi connectivity index (χ0v) is 11.4. The van der Waals surface area contributed by atoms with Gasteiger partial charge in [0.1, 0.15) is 5.52 Å². The first-order chi connectivity index (χ1) is 10.1. The normalized spacial score (nSPS) is 10.7. The number of nitrogens with one attached hydrogen (secondary N) is 1. The Morgan fingerprint density at radius 1 is 1.10 bits per heavy atom. The Morgan fingerprint density at radius 3 is 2.48 bits per heavy atom. The number of nitro groups is 1. The van der Waals surface area contributed by atoms with Gasteiger partial charge in [0.15, 0.2) is 0 Å². The Balaban J connectivity index is 2.38. The first-order valence-electron chi connectivity index (χ1n) is 6.12. The summed E-state index contributed by atoms with van der Waals surface area (Å²) in [6.45, 7) is 0. The van der Waals surface area contributed by atoms with Crippen molar-refractivity contribution in [2.45, 2.75) is 0 Å². The fraction of sp³-hybridized carbons (Fsp3) is 0. The summed E-state index contributed by atoms with van der Waals surface area (Å²) in [7, 11) is 0. The number of halogens is 1. The van der Waals surface area contributed by atoms with Gasteiger partial charge in [-0.15, -0.1) is 0 Å². The van der Waals surface area contributed by atoms with Gasteiger partial charge in [-0.2, -0.15) is 0 Å². The largest absolute Gasteiger partial charge is 0.316 e. The standard InChI is InChI=1S/C15H9ClN2O3/c16-10-6-4-9(5-7-10)12-8-14(19)17-15-11(12)2-1-3-13(15)18(20)21/h1-8H,(H,17,19). The summed E-state index contributed by atoms with van der Waals surface area (Å²) in [6, 6.07) is 13.1. The van der Waals surface area contributed by atoms with Crippen LogP contribution < -0.4 is 5.56 Å². The molecule has 0 fully saturated rings. The highest BCUT2D eigenvalue weighted by Gasteiger charge is 2.15. The number of H-pyrrole nitrogens is 1. The van der Waals surface area contributed by atoms with Gasteiger partial charge in [-0.25, -0.2) is 0 Å².